The minimum absolute atomic E-state index is 0.0153. The normalized spacial score (nSPS) is 15.0. The zero-order valence-corrected chi connectivity index (χ0v) is 18.2. The van der Waals surface area contributed by atoms with Gasteiger partial charge in [0.1, 0.15) is 17.8 Å². The van der Waals surface area contributed by atoms with E-state index in [2.05, 4.69) is 5.32 Å². The minimum atomic E-state index is -1.89. The Labute approximate surface area is 197 Å². The number of nitro benzene ring substituents is 1. The highest BCUT2D eigenvalue weighted by Gasteiger charge is 2.46. The second-order valence-corrected chi connectivity index (χ2v) is 7.81. The molecule has 0 unspecified atom stereocenters. The summed E-state index contributed by atoms with van der Waals surface area (Å²) in [6, 6.07) is 14.7. The number of amides is 1. The van der Waals surface area contributed by atoms with E-state index in [0.29, 0.717) is 5.56 Å². The maximum absolute atomic E-state index is 14.4. The summed E-state index contributed by atoms with van der Waals surface area (Å²) in [5.41, 5.74) is -0.0436. The van der Waals surface area contributed by atoms with Crippen LogP contribution in [0.4, 0.5) is 15.8 Å². The van der Waals surface area contributed by atoms with Crippen molar-refractivity contribution in [3.63, 3.8) is 0 Å². The van der Waals surface area contributed by atoms with Crippen LogP contribution in [0.15, 0.2) is 66.7 Å². The van der Waals surface area contributed by atoms with Crippen molar-refractivity contribution in [3.8, 4) is 0 Å². The van der Waals surface area contributed by atoms with Crippen molar-refractivity contribution in [2.24, 2.45) is 5.92 Å². The summed E-state index contributed by atoms with van der Waals surface area (Å²) in [4.78, 5) is 62.4. The molecule has 10 heteroatoms. The Balaban J connectivity index is 1.74. The molecule has 0 aliphatic carbocycles. The van der Waals surface area contributed by atoms with Crippen molar-refractivity contribution >= 4 is 34.8 Å². The number of Topliss-reactive ketones (excluding diaryl/α,β-unsaturated/α-hetero) is 2. The zero-order chi connectivity index (χ0) is 25.3. The lowest BCUT2D eigenvalue weighted by molar-refractivity contribution is -0.384. The minimum Gasteiger partial charge on any atom is -0.453 e. The summed E-state index contributed by atoms with van der Waals surface area (Å²) in [5, 5.41) is 13.4. The van der Waals surface area contributed by atoms with Crippen LogP contribution in [0.3, 0.4) is 0 Å². The number of ether oxygens (including phenoxy) is 1. The maximum Gasteiger partial charge on any atom is 0.339 e. The number of carbonyl (C=O) groups excluding carboxylic acids is 4. The number of nitrogens with one attached hydrogen (secondary N) is 1. The first-order valence-electron chi connectivity index (χ1n) is 10.4. The summed E-state index contributed by atoms with van der Waals surface area (Å²) in [6.45, 7) is 1.56. The van der Waals surface area contributed by atoms with Crippen molar-refractivity contribution < 1.29 is 33.2 Å². The third kappa shape index (κ3) is 4.41. The van der Waals surface area contributed by atoms with Crippen LogP contribution in [0.25, 0.3) is 0 Å². The van der Waals surface area contributed by atoms with Crippen LogP contribution < -0.4 is 5.32 Å². The van der Waals surface area contributed by atoms with Gasteiger partial charge in [-0.2, -0.15) is 0 Å². The molecule has 0 aromatic heterocycles. The molecule has 4 rings (SSSR count). The van der Waals surface area contributed by atoms with Crippen LogP contribution in [0.5, 0.6) is 0 Å². The van der Waals surface area contributed by atoms with Gasteiger partial charge in [0, 0.05) is 17.7 Å². The molecule has 0 radical (unpaired) electrons. The average Bonchev–Trinajstić information content (AvgIpc) is 3.16. The van der Waals surface area contributed by atoms with Crippen molar-refractivity contribution in [2.45, 2.75) is 13.0 Å². The third-order valence-corrected chi connectivity index (χ3v) is 5.63. The van der Waals surface area contributed by atoms with E-state index in [9.17, 15) is 33.7 Å². The number of anilines is 1. The fraction of sp³-hybridized carbons (Fsp3) is 0.120. The highest BCUT2D eigenvalue weighted by Crippen LogP contribution is 2.38. The molecule has 0 saturated carbocycles. The summed E-state index contributed by atoms with van der Waals surface area (Å²) in [7, 11) is 0. The van der Waals surface area contributed by atoms with E-state index in [1.807, 2.05) is 0 Å². The van der Waals surface area contributed by atoms with Gasteiger partial charge in [-0.1, -0.05) is 36.4 Å². The molecule has 2 atom stereocenters. The van der Waals surface area contributed by atoms with Gasteiger partial charge in [-0.3, -0.25) is 24.5 Å². The molecule has 0 spiro atoms. The number of esters is 1. The molecule has 0 bridgehead atoms. The van der Waals surface area contributed by atoms with Gasteiger partial charge in [-0.15, -0.1) is 0 Å². The number of aryl methyl sites for hydroxylation is 1. The van der Waals surface area contributed by atoms with E-state index >= 15 is 0 Å². The van der Waals surface area contributed by atoms with Crippen LogP contribution in [0, 0.1) is 28.8 Å². The number of nitro groups is 1. The van der Waals surface area contributed by atoms with Gasteiger partial charge in [0.05, 0.1) is 21.7 Å². The Morgan fingerprint density at radius 3 is 2.46 bits per heavy atom. The Morgan fingerprint density at radius 2 is 1.74 bits per heavy atom. The summed E-state index contributed by atoms with van der Waals surface area (Å²) < 4.78 is 19.7. The van der Waals surface area contributed by atoms with Gasteiger partial charge in [-0.05, 0) is 30.7 Å². The lowest BCUT2D eigenvalue weighted by Gasteiger charge is -2.21. The van der Waals surface area contributed by atoms with E-state index in [1.54, 1.807) is 19.1 Å². The van der Waals surface area contributed by atoms with Crippen LogP contribution in [0.1, 0.15) is 37.9 Å². The van der Waals surface area contributed by atoms with Crippen LogP contribution in [0.2, 0.25) is 0 Å². The second kappa shape index (κ2) is 9.26. The van der Waals surface area contributed by atoms with Crippen molar-refractivity contribution in [1.82, 2.24) is 0 Å². The Kier molecular flexibility index (Phi) is 6.20. The first-order valence-corrected chi connectivity index (χ1v) is 10.4. The number of ketones is 2. The van der Waals surface area contributed by atoms with Gasteiger partial charge in [0.25, 0.3) is 11.6 Å². The molecule has 1 amide bonds. The quantitative estimate of drug-likeness (QED) is 0.136. The first-order chi connectivity index (χ1) is 16.7. The van der Waals surface area contributed by atoms with Gasteiger partial charge >= 0.3 is 5.97 Å². The fourth-order valence-electron chi connectivity index (χ4n) is 3.83. The number of non-ortho nitro benzene ring substituents is 1. The molecule has 1 heterocycles. The molecule has 3 aromatic carbocycles. The average molecular weight is 476 g/mol. The van der Waals surface area contributed by atoms with Gasteiger partial charge in [-0.25, -0.2) is 9.18 Å². The predicted octanol–water partition coefficient (Wildman–Crippen LogP) is 3.96. The number of fused-ring (bicyclic) bond motifs is 1. The highest BCUT2D eigenvalue weighted by molar-refractivity contribution is 6.45. The van der Waals surface area contributed by atoms with E-state index in [1.165, 1.54) is 36.4 Å². The monoisotopic (exact) mass is 476 g/mol. The molecule has 1 aliphatic heterocycles. The van der Waals surface area contributed by atoms with Gasteiger partial charge in [0.2, 0.25) is 5.78 Å². The number of hydrogen-bond acceptors (Lipinski definition) is 7. The maximum atomic E-state index is 14.4. The van der Waals surface area contributed by atoms with E-state index in [0.717, 1.165) is 18.2 Å². The number of carbonyl (C=O) groups is 4. The van der Waals surface area contributed by atoms with Gasteiger partial charge in [0.15, 0.2) is 5.78 Å². The van der Waals surface area contributed by atoms with Crippen LogP contribution in [-0.2, 0) is 14.3 Å². The molecule has 0 fully saturated rings. The van der Waals surface area contributed by atoms with Gasteiger partial charge < -0.3 is 10.1 Å². The standard InChI is InChI=1S/C25H17FN2O7/c1-13-10-11-14(28(33)34)12-19(13)27-24(31)22(30)20(21(29)17-8-4-5-9-18(17)26)23-15-6-2-3-7-16(15)25(32)35-23/h2-12,20,23H,1H3,(H,27,31)/t20-,23+/m1/s1. The predicted molar refractivity (Wildman–Crippen MR) is 120 cm³/mol. The lowest BCUT2D eigenvalue weighted by Crippen LogP contribution is -2.38. The number of cyclic esters (lactones) is 1. The van der Waals surface area contributed by atoms with E-state index in [4.69, 9.17) is 4.74 Å². The summed E-state index contributed by atoms with van der Waals surface area (Å²) >= 11 is 0. The number of halogens is 1. The third-order valence-electron chi connectivity index (χ3n) is 5.63. The summed E-state index contributed by atoms with van der Waals surface area (Å²) in [6.07, 6.45) is -1.46. The fourth-order valence-corrected chi connectivity index (χ4v) is 3.83. The molecule has 1 N–H and O–H groups in total. The van der Waals surface area contributed by atoms with Crippen LogP contribution >= 0.6 is 0 Å². The molecule has 0 saturated heterocycles. The Bertz CT molecular complexity index is 1400. The van der Waals surface area contributed by atoms with Crippen molar-refractivity contribution in [1.29, 1.82) is 0 Å². The number of benzene rings is 3. The van der Waals surface area contributed by atoms with Crippen molar-refractivity contribution in [2.75, 3.05) is 5.32 Å². The van der Waals surface area contributed by atoms with E-state index < -0.39 is 51.8 Å². The highest BCUT2D eigenvalue weighted by atomic mass is 19.1. The number of rotatable bonds is 7. The topological polar surface area (TPSA) is 133 Å². The smallest absolute Gasteiger partial charge is 0.339 e. The Hall–Kier alpha value is -4.73. The first kappa shape index (κ1) is 23.4. The molecule has 3 aromatic rings. The van der Waals surface area contributed by atoms with Crippen molar-refractivity contribution in [3.05, 3.63) is 105 Å². The van der Waals surface area contributed by atoms with Crippen LogP contribution in [-0.4, -0.2) is 28.4 Å². The Morgan fingerprint density at radius 1 is 1.06 bits per heavy atom. The summed E-state index contributed by atoms with van der Waals surface area (Å²) in [5.74, 6) is -7.21. The molecule has 35 heavy (non-hydrogen) atoms. The lowest BCUT2D eigenvalue weighted by atomic mass is 9.84. The number of hydrogen-bond donors (Lipinski definition) is 1. The number of nitrogens with zero attached hydrogens (tertiary/aromatic N) is 1. The molecule has 1 aliphatic rings. The largest absolute Gasteiger partial charge is 0.453 e. The molecular formula is C25H17FN2O7. The molecular weight excluding hydrogens is 459 g/mol. The SMILES string of the molecule is Cc1ccc([N+](=O)[O-])cc1NC(=O)C(=O)[C@@H](C(=O)c1ccccc1F)[C@H]1OC(=O)c2ccccc21. The molecule has 9 nitrogen and oxygen atoms in total. The second-order valence-electron chi connectivity index (χ2n) is 7.81. The van der Waals surface area contributed by atoms with E-state index in [-0.39, 0.29) is 22.5 Å². The molecule has 176 valence electrons. The zero-order valence-electron chi connectivity index (χ0n) is 18.2.